The smallest absolute Gasteiger partial charge is 0.255 e. The highest BCUT2D eigenvalue weighted by molar-refractivity contribution is 6.05. The highest BCUT2D eigenvalue weighted by Crippen LogP contribution is 2.32. The minimum atomic E-state index is -0.226. The van der Waals surface area contributed by atoms with Crippen LogP contribution in [0.2, 0.25) is 0 Å². The van der Waals surface area contributed by atoms with Crippen molar-refractivity contribution in [1.82, 2.24) is 9.80 Å². The Kier molecular flexibility index (Phi) is 10.7. The monoisotopic (exact) mass is 600 g/mol. The molecule has 2 aromatic carbocycles. The molecule has 44 heavy (non-hydrogen) atoms. The molecule has 236 valence electrons. The highest BCUT2D eigenvalue weighted by atomic mass is 16.2. The van der Waals surface area contributed by atoms with Gasteiger partial charge in [0.05, 0.1) is 22.5 Å². The van der Waals surface area contributed by atoms with Gasteiger partial charge >= 0.3 is 0 Å². The number of nitrogens with zero attached hydrogens (tertiary/aromatic N) is 2. The molecule has 0 aromatic heterocycles. The largest absolute Gasteiger partial charge is 0.339 e. The van der Waals surface area contributed by atoms with Gasteiger partial charge in [0, 0.05) is 38.0 Å². The van der Waals surface area contributed by atoms with Crippen LogP contribution in [0.3, 0.4) is 0 Å². The van der Waals surface area contributed by atoms with Gasteiger partial charge in [0.2, 0.25) is 11.8 Å². The number of amides is 4. The number of anilines is 2. The molecular formula is C36H48N4O4. The van der Waals surface area contributed by atoms with E-state index >= 15 is 0 Å². The summed E-state index contributed by atoms with van der Waals surface area (Å²) in [4.78, 5) is 57.1. The fourth-order valence-electron chi connectivity index (χ4n) is 7.29. The number of carbonyl (C=O) groups is 4. The van der Waals surface area contributed by atoms with Crippen LogP contribution in [-0.2, 0) is 9.59 Å². The normalized spacial score (nSPS) is 21.2. The number of para-hydroxylation sites is 2. The fourth-order valence-corrected chi connectivity index (χ4v) is 7.29. The second-order valence-corrected chi connectivity index (χ2v) is 13.0. The van der Waals surface area contributed by atoms with Gasteiger partial charge in [-0.3, -0.25) is 19.2 Å². The number of hydrogen-bond donors (Lipinski definition) is 2. The van der Waals surface area contributed by atoms with Crippen LogP contribution in [-0.4, -0.2) is 59.6 Å². The zero-order chi connectivity index (χ0) is 31.1. The van der Waals surface area contributed by atoms with E-state index in [0.29, 0.717) is 48.2 Å². The SMILES string of the molecule is CN(C(=O)c1ccccc1NC(=O)C1CCC(C(=O)Nc2ccccc2C(=O)N(C)C2CCCCC2)CC1)C1CCCCC1. The maximum absolute atomic E-state index is 13.4. The van der Waals surface area contributed by atoms with Crippen LogP contribution >= 0.6 is 0 Å². The van der Waals surface area contributed by atoms with Gasteiger partial charge < -0.3 is 20.4 Å². The average Bonchev–Trinajstić information content (AvgIpc) is 3.08. The molecule has 0 aliphatic heterocycles. The lowest BCUT2D eigenvalue weighted by atomic mass is 9.81. The molecule has 0 unspecified atom stereocenters. The Morgan fingerprint density at radius 2 is 0.864 bits per heavy atom. The minimum Gasteiger partial charge on any atom is -0.339 e. The third-order valence-corrected chi connectivity index (χ3v) is 10.2. The van der Waals surface area contributed by atoms with E-state index in [4.69, 9.17) is 0 Å². The summed E-state index contributed by atoms with van der Waals surface area (Å²) in [5.41, 5.74) is 2.13. The molecule has 0 atom stereocenters. The number of nitrogens with one attached hydrogen (secondary N) is 2. The van der Waals surface area contributed by atoms with Crippen LogP contribution < -0.4 is 10.6 Å². The Bertz CT molecular complexity index is 1220. The number of rotatable bonds is 8. The first-order chi connectivity index (χ1) is 21.3. The Morgan fingerprint density at radius 1 is 0.523 bits per heavy atom. The van der Waals surface area contributed by atoms with Crippen molar-refractivity contribution in [3.63, 3.8) is 0 Å². The predicted molar refractivity (Wildman–Crippen MR) is 174 cm³/mol. The first kappa shape index (κ1) is 31.7. The van der Waals surface area contributed by atoms with Crippen LogP contribution in [0.4, 0.5) is 11.4 Å². The summed E-state index contributed by atoms with van der Waals surface area (Å²) < 4.78 is 0. The van der Waals surface area contributed by atoms with E-state index in [0.717, 1.165) is 51.4 Å². The standard InChI is InChI=1S/C36H48N4O4/c1-39(27-13-5-3-6-14-27)35(43)29-17-9-11-19-31(29)37-33(41)25-21-23-26(24-22-25)34(42)38-32-20-12-10-18-30(32)36(44)40(2)28-15-7-4-8-16-28/h9-12,17-20,25-28H,3-8,13-16,21-24H2,1-2H3,(H,37,41)(H,38,42). The number of hydrogen-bond acceptors (Lipinski definition) is 4. The molecule has 0 saturated heterocycles. The molecule has 8 nitrogen and oxygen atoms in total. The molecule has 2 N–H and O–H groups in total. The predicted octanol–water partition coefficient (Wildman–Crippen LogP) is 6.88. The number of benzene rings is 2. The van der Waals surface area contributed by atoms with E-state index in [-0.39, 0.29) is 47.5 Å². The summed E-state index contributed by atoms with van der Waals surface area (Å²) in [6, 6.07) is 15.0. The molecule has 4 amide bonds. The number of carbonyl (C=O) groups excluding carboxylic acids is 4. The first-order valence-electron chi connectivity index (χ1n) is 16.7. The maximum atomic E-state index is 13.4. The Labute approximate surface area is 261 Å². The minimum absolute atomic E-state index is 0.0584. The van der Waals surface area contributed by atoms with Crippen LogP contribution in [0.15, 0.2) is 48.5 Å². The van der Waals surface area contributed by atoms with Crippen LogP contribution in [0.1, 0.15) is 111 Å². The third-order valence-electron chi connectivity index (χ3n) is 10.2. The van der Waals surface area contributed by atoms with Crippen molar-refractivity contribution in [2.45, 2.75) is 102 Å². The molecule has 0 radical (unpaired) electrons. The summed E-state index contributed by atoms with van der Waals surface area (Å²) in [7, 11) is 3.74. The topological polar surface area (TPSA) is 98.8 Å². The molecule has 0 bridgehead atoms. The molecule has 0 heterocycles. The van der Waals surface area contributed by atoms with Gasteiger partial charge in [-0.2, -0.15) is 0 Å². The van der Waals surface area contributed by atoms with Gasteiger partial charge in [0.25, 0.3) is 11.8 Å². The van der Waals surface area contributed by atoms with E-state index in [2.05, 4.69) is 10.6 Å². The second kappa shape index (κ2) is 14.9. The molecule has 3 fully saturated rings. The van der Waals surface area contributed by atoms with Gasteiger partial charge in [-0.1, -0.05) is 62.8 Å². The van der Waals surface area contributed by atoms with Crippen molar-refractivity contribution in [3.8, 4) is 0 Å². The third kappa shape index (κ3) is 7.51. The zero-order valence-corrected chi connectivity index (χ0v) is 26.4. The second-order valence-electron chi connectivity index (χ2n) is 13.0. The Morgan fingerprint density at radius 3 is 1.23 bits per heavy atom. The quantitative estimate of drug-likeness (QED) is 0.345. The van der Waals surface area contributed by atoms with Crippen molar-refractivity contribution >= 4 is 35.0 Å². The van der Waals surface area contributed by atoms with Crippen molar-refractivity contribution < 1.29 is 19.2 Å². The molecule has 3 aliphatic rings. The molecule has 2 aromatic rings. The molecular weight excluding hydrogens is 552 g/mol. The molecule has 0 spiro atoms. The van der Waals surface area contributed by atoms with Crippen molar-refractivity contribution in [3.05, 3.63) is 59.7 Å². The van der Waals surface area contributed by atoms with E-state index in [1.807, 2.05) is 48.2 Å². The van der Waals surface area contributed by atoms with Crippen LogP contribution in [0.25, 0.3) is 0 Å². The molecule has 5 rings (SSSR count). The average molecular weight is 601 g/mol. The van der Waals surface area contributed by atoms with Gasteiger partial charge in [-0.15, -0.1) is 0 Å². The van der Waals surface area contributed by atoms with E-state index in [1.165, 1.54) is 12.8 Å². The van der Waals surface area contributed by atoms with Crippen molar-refractivity contribution in [1.29, 1.82) is 0 Å². The highest BCUT2D eigenvalue weighted by Gasteiger charge is 2.32. The summed E-state index contributed by atoms with van der Waals surface area (Å²) >= 11 is 0. The van der Waals surface area contributed by atoms with Crippen molar-refractivity contribution in [2.75, 3.05) is 24.7 Å². The lowest BCUT2D eigenvalue weighted by Crippen LogP contribution is -2.39. The van der Waals surface area contributed by atoms with E-state index in [9.17, 15) is 19.2 Å². The lowest BCUT2D eigenvalue weighted by Gasteiger charge is -2.32. The van der Waals surface area contributed by atoms with Crippen molar-refractivity contribution in [2.24, 2.45) is 11.8 Å². The first-order valence-corrected chi connectivity index (χ1v) is 16.7. The summed E-state index contributed by atoms with van der Waals surface area (Å²) in [5.74, 6) is -0.779. The van der Waals surface area contributed by atoms with Gasteiger partial charge in [0.1, 0.15) is 0 Å². The van der Waals surface area contributed by atoms with Gasteiger partial charge in [-0.25, -0.2) is 0 Å². The summed E-state index contributed by atoms with van der Waals surface area (Å²) in [6.07, 6.45) is 13.5. The van der Waals surface area contributed by atoms with Gasteiger partial charge in [0.15, 0.2) is 0 Å². The Balaban J connectivity index is 1.15. The van der Waals surface area contributed by atoms with E-state index < -0.39 is 0 Å². The molecule has 8 heteroatoms. The summed E-state index contributed by atoms with van der Waals surface area (Å²) in [6.45, 7) is 0. The van der Waals surface area contributed by atoms with Crippen LogP contribution in [0, 0.1) is 11.8 Å². The van der Waals surface area contributed by atoms with Crippen LogP contribution in [0.5, 0.6) is 0 Å². The lowest BCUT2D eigenvalue weighted by molar-refractivity contribution is -0.125. The molecule has 3 saturated carbocycles. The maximum Gasteiger partial charge on any atom is 0.255 e. The molecule has 3 aliphatic carbocycles. The van der Waals surface area contributed by atoms with Gasteiger partial charge in [-0.05, 0) is 75.6 Å². The summed E-state index contributed by atoms with van der Waals surface area (Å²) in [5, 5.41) is 6.06. The Hall–Kier alpha value is -3.68. The van der Waals surface area contributed by atoms with E-state index in [1.54, 1.807) is 24.3 Å². The zero-order valence-electron chi connectivity index (χ0n) is 26.4. The fraction of sp³-hybridized carbons (Fsp3) is 0.556.